The standard InChI is InChI=1S/C15H21N5O3/c1-15(22)6-23-14(11(15)21)20-8-18-10-12(16-7-17-13(10)20)19-9-4-2-3-5-9/h7-9,11,14,21-22H,2-6H2,1H3,(H,16,17,19)/t11-,14+,15+/m0/s1. The summed E-state index contributed by atoms with van der Waals surface area (Å²) in [5, 5.41) is 23.8. The van der Waals surface area contributed by atoms with Crippen LogP contribution < -0.4 is 5.32 Å². The van der Waals surface area contributed by atoms with Crippen LogP contribution in [0.25, 0.3) is 11.2 Å². The molecule has 4 rings (SSSR count). The summed E-state index contributed by atoms with van der Waals surface area (Å²) in [5.41, 5.74) is -0.0387. The van der Waals surface area contributed by atoms with Crippen molar-refractivity contribution in [2.24, 2.45) is 0 Å². The van der Waals surface area contributed by atoms with Crippen LogP contribution in [-0.4, -0.2) is 54.1 Å². The Hall–Kier alpha value is -1.77. The molecule has 0 unspecified atom stereocenters. The van der Waals surface area contributed by atoms with Gasteiger partial charge in [-0.05, 0) is 19.8 Å². The van der Waals surface area contributed by atoms with Crippen molar-refractivity contribution in [3.63, 3.8) is 0 Å². The van der Waals surface area contributed by atoms with Gasteiger partial charge in [0.25, 0.3) is 0 Å². The zero-order valence-electron chi connectivity index (χ0n) is 13.0. The van der Waals surface area contributed by atoms with Crippen molar-refractivity contribution in [2.75, 3.05) is 11.9 Å². The van der Waals surface area contributed by atoms with E-state index in [0.717, 1.165) is 12.8 Å². The quantitative estimate of drug-likeness (QED) is 0.769. The number of imidazole rings is 1. The molecule has 2 aliphatic rings. The van der Waals surface area contributed by atoms with Gasteiger partial charge in [0, 0.05) is 6.04 Å². The molecule has 0 amide bonds. The predicted octanol–water partition coefficient (Wildman–Crippen LogP) is 0.821. The molecule has 1 saturated carbocycles. The molecular weight excluding hydrogens is 298 g/mol. The molecule has 3 heterocycles. The topological polar surface area (TPSA) is 105 Å². The molecule has 23 heavy (non-hydrogen) atoms. The molecule has 1 saturated heterocycles. The van der Waals surface area contributed by atoms with Gasteiger partial charge in [-0.1, -0.05) is 12.8 Å². The van der Waals surface area contributed by atoms with Crippen LogP contribution in [0.4, 0.5) is 5.82 Å². The second kappa shape index (κ2) is 5.40. The largest absolute Gasteiger partial charge is 0.385 e. The van der Waals surface area contributed by atoms with Gasteiger partial charge in [-0.3, -0.25) is 4.57 Å². The highest BCUT2D eigenvalue weighted by atomic mass is 16.5. The first-order valence-corrected chi connectivity index (χ1v) is 8.02. The molecule has 0 bridgehead atoms. The summed E-state index contributed by atoms with van der Waals surface area (Å²) < 4.78 is 7.20. The maximum Gasteiger partial charge on any atom is 0.167 e. The molecule has 3 N–H and O–H groups in total. The summed E-state index contributed by atoms with van der Waals surface area (Å²) in [5.74, 6) is 0.708. The van der Waals surface area contributed by atoms with Crippen molar-refractivity contribution in [3.05, 3.63) is 12.7 Å². The first-order chi connectivity index (χ1) is 11.1. The molecule has 3 atom stereocenters. The number of hydrogen-bond donors (Lipinski definition) is 3. The Morgan fingerprint density at radius 3 is 2.78 bits per heavy atom. The van der Waals surface area contributed by atoms with Crippen molar-refractivity contribution >= 4 is 17.0 Å². The van der Waals surface area contributed by atoms with E-state index in [2.05, 4.69) is 20.3 Å². The molecule has 0 spiro atoms. The second-order valence-corrected chi connectivity index (χ2v) is 6.68. The maximum atomic E-state index is 10.3. The smallest absolute Gasteiger partial charge is 0.167 e. The minimum Gasteiger partial charge on any atom is -0.385 e. The number of anilines is 1. The summed E-state index contributed by atoms with van der Waals surface area (Å²) >= 11 is 0. The monoisotopic (exact) mass is 319 g/mol. The SMILES string of the molecule is C[C@@]1(O)CO[C@@H](n2cnc3c(NC4CCCC4)ncnc32)[C@@H]1O. The van der Waals surface area contributed by atoms with Crippen molar-refractivity contribution in [2.45, 2.75) is 56.6 Å². The van der Waals surface area contributed by atoms with E-state index in [4.69, 9.17) is 4.74 Å². The van der Waals surface area contributed by atoms with Gasteiger partial charge >= 0.3 is 0 Å². The molecule has 124 valence electrons. The fourth-order valence-electron chi connectivity index (χ4n) is 3.38. The van der Waals surface area contributed by atoms with E-state index in [-0.39, 0.29) is 6.61 Å². The van der Waals surface area contributed by atoms with Crippen LogP contribution in [0, 0.1) is 0 Å². The summed E-state index contributed by atoms with van der Waals surface area (Å²) in [7, 11) is 0. The van der Waals surface area contributed by atoms with E-state index in [1.807, 2.05) is 0 Å². The Balaban J connectivity index is 1.67. The zero-order valence-corrected chi connectivity index (χ0v) is 13.0. The molecular formula is C15H21N5O3. The van der Waals surface area contributed by atoms with Crippen LogP contribution in [0.1, 0.15) is 38.8 Å². The summed E-state index contributed by atoms with van der Waals surface area (Å²) in [6, 6.07) is 0.423. The van der Waals surface area contributed by atoms with E-state index in [1.54, 1.807) is 17.8 Å². The number of nitrogens with zero attached hydrogens (tertiary/aromatic N) is 4. The van der Waals surface area contributed by atoms with Gasteiger partial charge in [0.05, 0.1) is 12.9 Å². The number of ether oxygens (including phenoxy) is 1. The van der Waals surface area contributed by atoms with Crippen LogP contribution in [0.3, 0.4) is 0 Å². The normalized spacial score (nSPS) is 32.0. The van der Waals surface area contributed by atoms with Gasteiger partial charge in [-0.25, -0.2) is 15.0 Å². The molecule has 8 heteroatoms. The van der Waals surface area contributed by atoms with Crippen LogP contribution in [-0.2, 0) is 4.74 Å². The molecule has 1 aliphatic carbocycles. The van der Waals surface area contributed by atoms with Gasteiger partial charge in [0.1, 0.15) is 18.0 Å². The molecule has 1 aliphatic heterocycles. The van der Waals surface area contributed by atoms with Crippen LogP contribution in [0.2, 0.25) is 0 Å². The lowest BCUT2D eigenvalue weighted by molar-refractivity contribution is -0.0494. The zero-order chi connectivity index (χ0) is 16.0. The van der Waals surface area contributed by atoms with E-state index >= 15 is 0 Å². The molecule has 2 aromatic heterocycles. The van der Waals surface area contributed by atoms with Gasteiger partial charge in [-0.2, -0.15) is 0 Å². The third-order valence-corrected chi connectivity index (χ3v) is 4.78. The van der Waals surface area contributed by atoms with Crippen molar-refractivity contribution in [1.29, 1.82) is 0 Å². The van der Waals surface area contributed by atoms with Crippen molar-refractivity contribution in [3.8, 4) is 0 Å². The first kappa shape index (κ1) is 14.8. The van der Waals surface area contributed by atoms with Crippen LogP contribution in [0.5, 0.6) is 0 Å². The Labute approximate surface area is 133 Å². The first-order valence-electron chi connectivity index (χ1n) is 8.02. The minimum atomic E-state index is -1.28. The highest BCUT2D eigenvalue weighted by molar-refractivity contribution is 5.82. The fourth-order valence-corrected chi connectivity index (χ4v) is 3.38. The average molecular weight is 319 g/mol. The Morgan fingerprint density at radius 2 is 2.09 bits per heavy atom. The molecule has 2 fully saturated rings. The van der Waals surface area contributed by atoms with Crippen LogP contribution in [0.15, 0.2) is 12.7 Å². The molecule has 0 aromatic carbocycles. The fraction of sp³-hybridized carbons (Fsp3) is 0.667. The van der Waals surface area contributed by atoms with E-state index in [9.17, 15) is 10.2 Å². The number of nitrogens with one attached hydrogen (secondary N) is 1. The van der Waals surface area contributed by atoms with E-state index in [0.29, 0.717) is 23.0 Å². The summed E-state index contributed by atoms with van der Waals surface area (Å²) in [6.45, 7) is 1.62. The van der Waals surface area contributed by atoms with Crippen molar-refractivity contribution < 1.29 is 14.9 Å². The number of aliphatic hydroxyl groups is 2. The third-order valence-electron chi connectivity index (χ3n) is 4.78. The molecule has 0 radical (unpaired) electrons. The Kier molecular flexibility index (Phi) is 3.47. The third kappa shape index (κ3) is 2.46. The van der Waals surface area contributed by atoms with E-state index in [1.165, 1.54) is 19.2 Å². The average Bonchev–Trinajstić information content (AvgIpc) is 3.22. The Morgan fingerprint density at radius 1 is 1.30 bits per heavy atom. The van der Waals surface area contributed by atoms with Crippen molar-refractivity contribution in [1.82, 2.24) is 19.5 Å². The second-order valence-electron chi connectivity index (χ2n) is 6.68. The lowest BCUT2D eigenvalue weighted by Crippen LogP contribution is -2.39. The van der Waals surface area contributed by atoms with Gasteiger partial charge < -0.3 is 20.3 Å². The number of hydrogen-bond acceptors (Lipinski definition) is 7. The number of aromatic nitrogens is 4. The minimum absolute atomic E-state index is 0.0662. The highest BCUT2D eigenvalue weighted by Gasteiger charge is 2.45. The highest BCUT2D eigenvalue weighted by Crippen LogP contribution is 2.34. The number of aliphatic hydroxyl groups excluding tert-OH is 1. The Bertz CT molecular complexity index is 710. The summed E-state index contributed by atoms with van der Waals surface area (Å²) in [4.78, 5) is 13.0. The lowest BCUT2D eigenvalue weighted by Gasteiger charge is -2.22. The van der Waals surface area contributed by atoms with Gasteiger partial charge in [0.15, 0.2) is 23.2 Å². The summed E-state index contributed by atoms with van der Waals surface area (Å²) in [6.07, 6.45) is 6.06. The van der Waals surface area contributed by atoms with Crippen LogP contribution >= 0.6 is 0 Å². The predicted molar refractivity (Wildman–Crippen MR) is 82.8 cm³/mol. The molecule has 2 aromatic rings. The maximum absolute atomic E-state index is 10.3. The van der Waals surface area contributed by atoms with Gasteiger partial charge in [-0.15, -0.1) is 0 Å². The van der Waals surface area contributed by atoms with Gasteiger partial charge in [0.2, 0.25) is 0 Å². The molecule has 8 nitrogen and oxygen atoms in total. The number of fused-ring (bicyclic) bond motifs is 1. The lowest BCUT2D eigenvalue weighted by atomic mass is 10.0. The van der Waals surface area contributed by atoms with E-state index < -0.39 is 17.9 Å². The number of rotatable bonds is 3.